The maximum absolute atomic E-state index is 12.6. The number of halogens is 1. The molecular formula is C14H21ClN2O2S. The maximum atomic E-state index is 12.6. The monoisotopic (exact) mass is 316 g/mol. The summed E-state index contributed by atoms with van der Waals surface area (Å²) in [6, 6.07) is -0.00836. The number of H-pyrrole nitrogens is 1. The minimum atomic E-state index is -0.377. The van der Waals surface area contributed by atoms with E-state index in [1.807, 2.05) is 25.6 Å². The van der Waals surface area contributed by atoms with Crippen molar-refractivity contribution in [1.82, 2.24) is 9.55 Å². The normalized spacial score (nSPS) is 22.6. The van der Waals surface area contributed by atoms with Gasteiger partial charge >= 0.3 is 5.69 Å². The van der Waals surface area contributed by atoms with Gasteiger partial charge in [-0.3, -0.25) is 14.3 Å². The van der Waals surface area contributed by atoms with Gasteiger partial charge in [-0.25, -0.2) is 4.79 Å². The van der Waals surface area contributed by atoms with Gasteiger partial charge in [-0.2, -0.15) is 11.8 Å². The first kappa shape index (κ1) is 15.7. The quantitative estimate of drug-likeness (QED) is 0.868. The van der Waals surface area contributed by atoms with E-state index in [1.54, 1.807) is 0 Å². The number of hydrogen-bond donors (Lipinski definition) is 1. The van der Waals surface area contributed by atoms with Gasteiger partial charge in [0.25, 0.3) is 5.56 Å². The fraction of sp³-hybridized carbons (Fsp3) is 0.714. The molecule has 0 spiro atoms. The third kappa shape index (κ3) is 2.84. The Hall–Kier alpha value is -0.680. The van der Waals surface area contributed by atoms with Gasteiger partial charge in [-0.05, 0) is 24.5 Å². The van der Waals surface area contributed by atoms with Gasteiger partial charge in [-0.15, -0.1) is 0 Å². The Bertz CT molecular complexity index is 594. The van der Waals surface area contributed by atoms with Crippen LogP contribution < -0.4 is 11.2 Å². The van der Waals surface area contributed by atoms with E-state index in [9.17, 15) is 9.59 Å². The van der Waals surface area contributed by atoms with Crippen molar-refractivity contribution in [2.45, 2.75) is 57.2 Å². The summed E-state index contributed by atoms with van der Waals surface area (Å²) in [5, 5.41) is 0.531. The van der Waals surface area contributed by atoms with Crippen LogP contribution in [0.2, 0.25) is 5.15 Å². The number of aromatic nitrogens is 2. The standard InChI is InChI=1S/C14H21ClN2O2S/c1-4-20-10-7-5-6-9(10)17-13(18)11(8(2)3)12(15)16-14(17)19/h8-10H,4-7H2,1-3H3,(H,16,19). The zero-order valence-electron chi connectivity index (χ0n) is 12.1. The molecule has 0 radical (unpaired) electrons. The average Bonchev–Trinajstić information content (AvgIpc) is 2.76. The zero-order valence-corrected chi connectivity index (χ0v) is 13.7. The van der Waals surface area contributed by atoms with E-state index < -0.39 is 0 Å². The molecule has 112 valence electrons. The van der Waals surface area contributed by atoms with Crippen LogP contribution in [0.4, 0.5) is 0 Å². The molecule has 0 aliphatic heterocycles. The summed E-state index contributed by atoms with van der Waals surface area (Å²) in [6.07, 6.45) is 3.02. The van der Waals surface area contributed by atoms with Crippen molar-refractivity contribution in [3.63, 3.8) is 0 Å². The second-order valence-corrected chi connectivity index (χ2v) is 7.37. The molecule has 2 atom stereocenters. The lowest BCUT2D eigenvalue weighted by Gasteiger charge is -2.21. The molecule has 20 heavy (non-hydrogen) atoms. The SMILES string of the molecule is CCSC1CCCC1n1c(=O)[nH]c(Cl)c(C(C)C)c1=O. The van der Waals surface area contributed by atoms with Crippen LogP contribution in [0, 0.1) is 0 Å². The predicted octanol–water partition coefficient (Wildman–Crippen LogP) is 3.16. The van der Waals surface area contributed by atoms with Crippen LogP contribution >= 0.6 is 23.4 Å². The smallest absolute Gasteiger partial charge is 0.297 e. The van der Waals surface area contributed by atoms with Crippen molar-refractivity contribution in [3.8, 4) is 0 Å². The Morgan fingerprint density at radius 2 is 2.10 bits per heavy atom. The highest BCUT2D eigenvalue weighted by atomic mass is 35.5. The third-order valence-electron chi connectivity index (χ3n) is 3.83. The number of hydrogen-bond acceptors (Lipinski definition) is 3. The molecule has 1 heterocycles. The number of nitrogens with one attached hydrogen (secondary N) is 1. The van der Waals surface area contributed by atoms with E-state index >= 15 is 0 Å². The summed E-state index contributed by atoms with van der Waals surface area (Å²) in [4.78, 5) is 27.5. The predicted molar refractivity (Wildman–Crippen MR) is 85.2 cm³/mol. The topological polar surface area (TPSA) is 54.9 Å². The van der Waals surface area contributed by atoms with Crippen LogP contribution in [0.3, 0.4) is 0 Å². The van der Waals surface area contributed by atoms with Crippen LogP contribution in [0.25, 0.3) is 0 Å². The molecule has 0 bridgehead atoms. The first-order valence-electron chi connectivity index (χ1n) is 7.13. The van der Waals surface area contributed by atoms with Crippen molar-refractivity contribution >= 4 is 23.4 Å². The lowest BCUT2D eigenvalue weighted by Crippen LogP contribution is -2.42. The van der Waals surface area contributed by atoms with Crippen molar-refractivity contribution in [3.05, 3.63) is 31.6 Å². The Labute approximate surface area is 127 Å². The van der Waals surface area contributed by atoms with Crippen molar-refractivity contribution in [2.24, 2.45) is 0 Å². The van der Waals surface area contributed by atoms with E-state index in [4.69, 9.17) is 11.6 Å². The van der Waals surface area contributed by atoms with Crippen LogP contribution in [0.1, 0.15) is 57.6 Å². The summed E-state index contributed by atoms with van der Waals surface area (Å²) >= 11 is 7.86. The van der Waals surface area contributed by atoms with Gasteiger partial charge in [-0.1, -0.05) is 38.8 Å². The molecule has 1 aromatic heterocycles. The molecule has 4 nitrogen and oxygen atoms in total. The summed E-state index contributed by atoms with van der Waals surface area (Å²) in [7, 11) is 0. The van der Waals surface area contributed by atoms with E-state index in [0.717, 1.165) is 25.0 Å². The second-order valence-electron chi connectivity index (χ2n) is 5.48. The fourth-order valence-corrected chi connectivity index (χ4v) is 4.57. The highest BCUT2D eigenvalue weighted by Crippen LogP contribution is 2.37. The summed E-state index contributed by atoms with van der Waals surface area (Å²) in [5.74, 6) is 0.995. The number of thioether (sulfide) groups is 1. The Balaban J connectivity index is 2.54. The average molecular weight is 317 g/mol. The fourth-order valence-electron chi connectivity index (χ4n) is 2.95. The molecule has 2 unspecified atom stereocenters. The lowest BCUT2D eigenvalue weighted by molar-refractivity contribution is 0.481. The van der Waals surface area contributed by atoms with Gasteiger partial charge in [0, 0.05) is 5.25 Å². The van der Waals surface area contributed by atoms with Gasteiger partial charge in [0.2, 0.25) is 0 Å². The summed E-state index contributed by atoms with van der Waals surface area (Å²) in [6.45, 7) is 5.94. The molecule has 0 amide bonds. The highest BCUT2D eigenvalue weighted by Gasteiger charge is 2.32. The van der Waals surface area contributed by atoms with E-state index in [1.165, 1.54) is 4.57 Å². The molecule has 1 N–H and O–H groups in total. The molecule has 1 aliphatic rings. The first-order valence-corrected chi connectivity index (χ1v) is 8.55. The van der Waals surface area contributed by atoms with Crippen molar-refractivity contribution < 1.29 is 0 Å². The van der Waals surface area contributed by atoms with Crippen molar-refractivity contribution in [2.75, 3.05) is 5.75 Å². The second kappa shape index (κ2) is 6.39. The maximum Gasteiger partial charge on any atom is 0.329 e. The van der Waals surface area contributed by atoms with E-state index in [-0.39, 0.29) is 28.4 Å². The first-order chi connectivity index (χ1) is 9.47. The van der Waals surface area contributed by atoms with E-state index in [0.29, 0.717) is 10.8 Å². The number of aromatic amines is 1. The van der Waals surface area contributed by atoms with Gasteiger partial charge in [0.1, 0.15) is 5.15 Å². The molecular weight excluding hydrogens is 296 g/mol. The summed E-state index contributed by atoms with van der Waals surface area (Å²) in [5.41, 5.74) is -0.0845. The molecule has 1 saturated carbocycles. The molecule has 2 rings (SSSR count). The summed E-state index contributed by atoms with van der Waals surface area (Å²) < 4.78 is 1.40. The highest BCUT2D eigenvalue weighted by molar-refractivity contribution is 7.99. The van der Waals surface area contributed by atoms with Crippen LogP contribution in [-0.4, -0.2) is 20.6 Å². The number of nitrogens with zero attached hydrogens (tertiary/aromatic N) is 1. The molecule has 0 saturated heterocycles. The minimum Gasteiger partial charge on any atom is -0.297 e. The zero-order chi connectivity index (χ0) is 14.9. The lowest BCUT2D eigenvalue weighted by atomic mass is 10.1. The van der Waals surface area contributed by atoms with Gasteiger partial charge < -0.3 is 0 Å². The van der Waals surface area contributed by atoms with Gasteiger partial charge in [0.15, 0.2) is 0 Å². The number of rotatable bonds is 4. The Morgan fingerprint density at radius 1 is 1.40 bits per heavy atom. The van der Waals surface area contributed by atoms with E-state index in [2.05, 4.69) is 11.9 Å². The third-order valence-corrected chi connectivity index (χ3v) is 5.44. The largest absolute Gasteiger partial charge is 0.329 e. The molecule has 1 aliphatic carbocycles. The Morgan fingerprint density at radius 3 is 2.70 bits per heavy atom. The Kier molecular flexibility index (Phi) is 5.02. The molecule has 0 aromatic carbocycles. The van der Waals surface area contributed by atoms with Crippen LogP contribution in [0.5, 0.6) is 0 Å². The van der Waals surface area contributed by atoms with Crippen LogP contribution in [0.15, 0.2) is 9.59 Å². The molecule has 1 aromatic rings. The van der Waals surface area contributed by atoms with Gasteiger partial charge in [0.05, 0.1) is 11.6 Å². The molecule has 6 heteroatoms. The minimum absolute atomic E-state index is 0.00298. The van der Waals surface area contributed by atoms with Crippen molar-refractivity contribution in [1.29, 1.82) is 0 Å². The van der Waals surface area contributed by atoms with Crippen LogP contribution in [-0.2, 0) is 0 Å². The molecule has 1 fully saturated rings.